The molecule has 7 nitrogen and oxygen atoms in total. The Morgan fingerprint density at radius 1 is 1.13 bits per heavy atom. The number of anilines is 1. The summed E-state index contributed by atoms with van der Waals surface area (Å²) in [5.41, 5.74) is -0.941. The van der Waals surface area contributed by atoms with E-state index in [-0.39, 0.29) is 12.4 Å². The summed E-state index contributed by atoms with van der Waals surface area (Å²) in [5.74, 6) is -0.885. The standard InChI is InChI=1S/C17H16BrFN2O5S.2C2H6/c1-17(2)21(16(22)26-17)27(23,24)20-15-13(19)8-12(18)9-14(15)25-10-11-6-4-3-5-7-11;2*1-2/h3-9,20H,10H2,1-2H3;2*1-2H3. The number of carbonyl (C=O) groups is 1. The van der Waals surface area contributed by atoms with Crippen LogP contribution < -0.4 is 9.46 Å². The molecule has 1 saturated heterocycles. The van der Waals surface area contributed by atoms with Crippen LogP contribution in [0.4, 0.5) is 14.9 Å². The first-order valence-electron chi connectivity index (χ1n) is 9.82. The predicted molar refractivity (Wildman–Crippen MR) is 123 cm³/mol. The number of nitrogens with zero attached hydrogens (tertiary/aromatic N) is 1. The Morgan fingerprint density at radius 2 is 1.71 bits per heavy atom. The molecule has 2 aromatic rings. The largest absolute Gasteiger partial charge is 0.487 e. The molecule has 1 aliphatic heterocycles. The summed E-state index contributed by atoms with van der Waals surface area (Å²) in [6.45, 7) is 10.9. The zero-order valence-electron chi connectivity index (χ0n) is 18.4. The topological polar surface area (TPSA) is 84.9 Å². The average Bonchev–Trinajstić information content (AvgIpc) is 2.71. The average molecular weight is 519 g/mol. The lowest BCUT2D eigenvalue weighted by Gasteiger charge is -2.44. The van der Waals surface area contributed by atoms with Gasteiger partial charge in [-0.1, -0.05) is 74.0 Å². The van der Waals surface area contributed by atoms with Crippen molar-refractivity contribution in [1.82, 2.24) is 4.31 Å². The molecule has 1 fully saturated rings. The molecule has 1 amide bonds. The Bertz CT molecular complexity index is 985. The summed E-state index contributed by atoms with van der Waals surface area (Å²) in [7, 11) is -4.40. The van der Waals surface area contributed by atoms with Crippen LogP contribution in [0.15, 0.2) is 46.9 Å². The Morgan fingerprint density at radius 3 is 2.23 bits per heavy atom. The van der Waals surface area contributed by atoms with Gasteiger partial charge in [0.2, 0.25) is 5.72 Å². The number of hydrogen-bond donors (Lipinski definition) is 1. The molecule has 172 valence electrons. The van der Waals surface area contributed by atoms with Crippen LogP contribution in [0.1, 0.15) is 47.1 Å². The highest BCUT2D eigenvalue weighted by Crippen LogP contribution is 2.37. The normalized spacial score (nSPS) is 14.1. The number of rotatable bonds is 6. The van der Waals surface area contributed by atoms with Crippen LogP contribution in [0, 0.1) is 5.82 Å². The molecule has 0 atom stereocenters. The maximum Gasteiger partial charge on any atom is 0.430 e. The Hall–Kier alpha value is -2.33. The highest BCUT2D eigenvalue weighted by Gasteiger charge is 2.54. The molecular weight excluding hydrogens is 491 g/mol. The van der Waals surface area contributed by atoms with Crippen molar-refractivity contribution in [2.45, 2.75) is 53.9 Å². The molecule has 0 saturated carbocycles. The van der Waals surface area contributed by atoms with Gasteiger partial charge in [0.05, 0.1) is 0 Å². The van der Waals surface area contributed by atoms with Gasteiger partial charge in [0.1, 0.15) is 18.0 Å². The van der Waals surface area contributed by atoms with Crippen LogP contribution in [0.5, 0.6) is 5.75 Å². The smallest absolute Gasteiger partial charge is 0.430 e. The summed E-state index contributed by atoms with van der Waals surface area (Å²) in [6, 6.07) is 11.6. The van der Waals surface area contributed by atoms with Gasteiger partial charge in [-0.2, -0.15) is 8.42 Å². The Kier molecular flexibility index (Phi) is 9.76. The van der Waals surface area contributed by atoms with Crippen molar-refractivity contribution < 1.29 is 27.1 Å². The van der Waals surface area contributed by atoms with Crippen LogP contribution in [0.25, 0.3) is 0 Å². The summed E-state index contributed by atoms with van der Waals surface area (Å²) in [6.07, 6.45) is -1.04. The molecule has 31 heavy (non-hydrogen) atoms. The van der Waals surface area contributed by atoms with Gasteiger partial charge >= 0.3 is 16.3 Å². The first-order valence-corrected chi connectivity index (χ1v) is 12.1. The first kappa shape index (κ1) is 26.7. The van der Waals surface area contributed by atoms with Gasteiger partial charge < -0.3 is 9.47 Å². The molecule has 1 aliphatic rings. The number of cyclic esters (lactones) is 1. The van der Waals surface area contributed by atoms with Crippen LogP contribution in [0.2, 0.25) is 0 Å². The molecule has 0 bridgehead atoms. The molecule has 0 unspecified atom stereocenters. The summed E-state index contributed by atoms with van der Waals surface area (Å²) in [4.78, 5) is 11.6. The molecule has 1 N–H and O–H groups in total. The highest BCUT2D eigenvalue weighted by atomic mass is 79.9. The third kappa shape index (κ3) is 6.57. The minimum atomic E-state index is -4.40. The lowest BCUT2D eigenvalue weighted by atomic mass is 10.2. The SMILES string of the molecule is CC.CC.CC1(C)OC(=O)N1S(=O)(=O)Nc1c(F)cc(Br)cc1OCc1ccccc1. The zero-order valence-corrected chi connectivity index (χ0v) is 20.8. The van der Waals surface area contributed by atoms with E-state index < -0.39 is 33.5 Å². The summed E-state index contributed by atoms with van der Waals surface area (Å²) >= 11 is 3.15. The van der Waals surface area contributed by atoms with Gasteiger partial charge in [0.25, 0.3) is 0 Å². The van der Waals surface area contributed by atoms with Crippen molar-refractivity contribution in [3.8, 4) is 5.75 Å². The van der Waals surface area contributed by atoms with Crippen molar-refractivity contribution >= 4 is 37.9 Å². The third-order valence-corrected chi connectivity index (χ3v) is 5.71. The minimum Gasteiger partial charge on any atom is -0.487 e. The molecule has 0 aromatic heterocycles. The van der Waals surface area contributed by atoms with E-state index in [1.54, 1.807) is 0 Å². The van der Waals surface area contributed by atoms with Crippen molar-refractivity contribution in [2.75, 3.05) is 4.72 Å². The predicted octanol–water partition coefficient (Wildman–Crippen LogP) is 6.06. The number of ether oxygens (including phenoxy) is 2. The lowest BCUT2D eigenvalue weighted by Crippen LogP contribution is -2.65. The number of benzene rings is 2. The van der Waals surface area contributed by atoms with E-state index in [9.17, 15) is 17.6 Å². The fourth-order valence-corrected chi connectivity index (χ4v) is 4.34. The Labute approximate surface area is 191 Å². The quantitative estimate of drug-likeness (QED) is 0.501. The van der Waals surface area contributed by atoms with Gasteiger partial charge in [-0.05, 0) is 31.5 Å². The second-order valence-corrected chi connectivity index (χ2v) is 8.66. The van der Waals surface area contributed by atoms with E-state index >= 15 is 0 Å². The van der Waals surface area contributed by atoms with Gasteiger partial charge in [-0.25, -0.2) is 9.18 Å². The number of halogens is 2. The number of hydrogen-bond acceptors (Lipinski definition) is 5. The molecule has 10 heteroatoms. The van der Waals surface area contributed by atoms with Crippen LogP contribution in [-0.4, -0.2) is 24.5 Å². The third-order valence-electron chi connectivity index (χ3n) is 3.72. The monoisotopic (exact) mass is 518 g/mol. The van der Waals surface area contributed by atoms with E-state index in [1.807, 2.05) is 58.0 Å². The van der Waals surface area contributed by atoms with E-state index in [1.165, 1.54) is 19.9 Å². The van der Waals surface area contributed by atoms with E-state index in [0.717, 1.165) is 11.6 Å². The summed E-state index contributed by atoms with van der Waals surface area (Å²) in [5, 5.41) is 0. The maximum absolute atomic E-state index is 14.5. The van der Waals surface area contributed by atoms with Gasteiger partial charge in [0, 0.05) is 4.47 Å². The second kappa shape index (κ2) is 11.3. The van der Waals surface area contributed by atoms with E-state index in [4.69, 9.17) is 9.47 Å². The number of nitrogens with one attached hydrogen (secondary N) is 1. The van der Waals surface area contributed by atoms with Crippen LogP contribution in [0.3, 0.4) is 0 Å². The molecule has 2 aromatic carbocycles. The maximum atomic E-state index is 14.5. The Balaban J connectivity index is 0.00000113. The number of amides is 1. The van der Waals surface area contributed by atoms with Crippen LogP contribution in [-0.2, 0) is 21.6 Å². The van der Waals surface area contributed by atoms with Crippen molar-refractivity contribution in [1.29, 1.82) is 0 Å². The minimum absolute atomic E-state index is 0.0269. The molecule has 3 rings (SSSR count). The van der Waals surface area contributed by atoms with Crippen LogP contribution >= 0.6 is 15.9 Å². The van der Waals surface area contributed by atoms with E-state index in [0.29, 0.717) is 8.78 Å². The van der Waals surface area contributed by atoms with Gasteiger partial charge in [-0.3, -0.25) is 4.72 Å². The molecule has 0 spiro atoms. The molecular formula is C21H28BrFN2O5S. The second-order valence-electron chi connectivity index (χ2n) is 6.22. The first-order chi connectivity index (χ1) is 14.6. The van der Waals surface area contributed by atoms with Gasteiger partial charge in [-0.15, -0.1) is 4.31 Å². The van der Waals surface area contributed by atoms with E-state index in [2.05, 4.69) is 20.7 Å². The molecule has 0 aliphatic carbocycles. The summed E-state index contributed by atoms with van der Waals surface area (Å²) < 4.78 is 52.9. The van der Waals surface area contributed by atoms with Crippen molar-refractivity contribution in [3.05, 3.63) is 58.3 Å². The molecule has 1 heterocycles. The highest BCUT2D eigenvalue weighted by molar-refractivity contribution is 9.10. The molecule has 0 radical (unpaired) electrons. The fraction of sp³-hybridized carbons (Fsp3) is 0.381. The van der Waals surface area contributed by atoms with Gasteiger partial charge in [0.15, 0.2) is 5.82 Å². The lowest BCUT2D eigenvalue weighted by molar-refractivity contribution is -0.117. The van der Waals surface area contributed by atoms with Crippen molar-refractivity contribution in [3.63, 3.8) is 0 Å². The number of carbonyl (C=O) groups excluding carboxylic acids is 1. The fourth-order valence-electron chi connectivity index (χ4n) is 2.54. The zero-order chi connectivity index (χ0) is 23.8. The van der Waals surface area contributed by atoms with Crippen molar-refractivity contribution in [2.24, 2.45) is 0 Å².